The van der Waals surface area contributed by atoms with E-state index in [0.717, 1.165) is 0 Å². The first-order valence-corrected chi connectivity index (χ1v) is 4.77. The SMILES string of the molecule is CC(C)C(N)C(=O)ONC(=O)OOC(=O)C(F)(F)F. The highest BCUT2D eigenvalue weighted by molar-refractivity contribution is 5.78. The standard InChI is InChI=1S/C8H11F3N2O6/c1-3(2)4(12)5(14)17-13-7(16)19-18-6(15)8(9,10)11/h3-4H,12H2,1-2H3,(H,13,16). The van der Waals surface area contributed by atoms with Gasteiger partial charge < -0.3 is 10.6 Å². The first kappa shape index (κ1) is 17.0. The second-order valence-corrected chi connectivity index (χ2v) is 3.53. The van der Waals surface area contributed by atoms with Crippen molar-refractivity contribution in [3.05, 3.63) is 0 Å². The molecule has 11 heteroatoms. The predicted molar refractivity (Wildman–Crippen MR) is 50.7 cm³/mol. The van der Waals surface area contributed by atoms with E-state index in [0.29, 0.717) is 0 Å². The van der Waals surface area contributed by atoms with Crippen LogP contribution in [0.25, 0.3) is 0 Å². The van der Waals surface area contributed by atoms with Crippen LogP contribution in [-0.4, -0.2) is 30.2 Å². The summed E-state index contributed by atoms with van der Waals surface area (Å²) in [5.41, 5.74) is 6.61. The van der Waals surface area contributed by atoms with Gasteiger partial charge in [-0.1, -0.05) is 13.8 Å². The van der Waals surface area contributed by atoms with Crippen molar-refractivity contribution in [2.45, 2.75) is 26.1 Å². The normalized spacial score (nSPS) is 12.6. The molecule has 0 spiro atoms. The lowest BCUT2D eigenvalue weighted by Gasteiger charge is -2.13. The molecule has 0 rings (SSSR count). The number of hydrogen-bond acceptors (Lipinski definition) is 7. The molecule has 0 aliphatic carbocycles. The molecule has 0 fully saturated rings. The second-order valence-electron chi connectivity index (χ2n) is 3.53. The van der Waals surface area contributed by atoms with E-state index in [-0.39, 0.29) is 5.92 Å². The van der Waals surface area contributed by atoms with E-state index < -0.39 is 30.2 Å². The van der Waals surface area contributed by atoms with Crippen molar-refractivity contribution >= 4 is 18.0 Å². The third kappa shape index (κ3) is 6.45. The van der Waals surface area contributed by atoms with Crippen LogP contribution in [0.5, 0.6) is 0 Å². The monoisotopic (exact) mass is 288 g/mol. The van der Waals surface area contributed by atoms with Crippen LogP contribution >= 0.6 is 0 Å². The summed E-state index contributed by atoms with van der Waals surface area (Å²) in [4.78, 5) is 42.5. The minimum Gasteiger partial charge on any atom is -0.336 e. The van der Waals surface area contributed by atoms with Gasteiger partial charge in [0.15, 0.2) is 0 Å². The highest BCUT2D eigenvalue weighted by Gasteiger charge is 2.43. The van der Waals surface area contributed by atoms with Crippen LogP contribution < -0.4 is 11.2 Å². The Balaban J connectivity index is 4.02. The summed E-state index contributed by atoms with van der Waals surface area (Å²) in [6.45, 7) is 3.19. The highest BCUT2D eigenvalue weighted by Crippen LogP contribution is 2.16. The number of carbonyl (C=O) groups excluding carboxylic acids is 3. The molecule has 1 unspecified atom stereocenters. The number of nitrogens with one attached hydrogen (secondary N) is 1. The van der Waals surface area contributed by atoms with E-state index >= 15 is 0 Å². The quantitative estimate of drug-likeness (QED) is 0.549. The van der Waals surface area contributed by atoms with Crippen molar-refractivity contribution in [1.82, 2.24) is 5.48 Å². The molecule has 19 heavy (non-hydrogen) atoms. The minimum atomic E-state index is -5.32. The highest BCUT2D eigenvalue weighted by atomic mass is 19.4. The molecule has 0 aliphatic rings. The van der Waals surface area contributed by atoms with Gasteiger partial charge in [0.1, 0.15) is 6.04 Å². The number of halogens is 3. The third-order valence-corrected chi connectivity index (χ3v) is 1.65. The molecule has 0 saturated carbocycles. The molecule has 1 amide bonds. The predicted octanol–water partition coefficient (Wildman–Crippen LogP) is 0.175. The molecule has 110 valence electrons. The zero-order chi connectivity index (χ0) is 15.2. The Morgan fingerprint density at radius 3 is 2.11 bits per heavy atom. The van der Waals surface area contributed by atoms with E-state index in [4.69, 9.17) is 5.73 Å². The molecule has 0 heterocycles. The van der Waals surface area contributed by atoms with Crippen molar-refractivity contribution < 1.29 is 42.2 Å². The van der Waals surface area contributed by atoms with Crippen molar-refractivity contribution in [2.24, 2.45) is 11.7 Å². The zero-order valence-electron chi connectivity index (χ0n) is 9.82. The first-order valence-electron chi connectivity index (χ1n) is 4.77. The van der Waals surface area contributed by atoms with Gasteiger partial charge in [0, 0.05) is 0 Å². The molecule has 3 N–H and O–H groups in total. The van der Waals surface area contributed by atoms with Crippen LogP contribution in [0.1, 0.15) is 13.8 Å². The van der Waals surface area contributed by atoms with Crippen LogP contribution in [0.2, 0.25) is 0 Å². The number of nitrogens with two attached hydrogens (primary N) is 1. The van der Waals surface area contributed by atoms with Crippen molar-refractivity contribution in [2.75, 3.05) is 0 Å². The number of hydroxylamine groups is 1. The largest absolute Gasteiger partial charge is 0.495 e. The van der Waals surface area contributed by atoms with Crippen LogP contribution in [0.3, 0.4) is 0 Å². The summed E-state index contributed by atoms with van der Waals surface area (Å²) < 4.78 is 34.9. The molecule has 0 aromatic rings. The van der Waals surface area contributed by atoms with Gasteiger partial charge in [0.25, 0.3) is 0 Å². The van der Waals surface area contributed by atoms with E-state index in [9.17, 15) is 27.6 Å². The second kappa shape index (κ2) is 6.78. The molecule has 0 radical (unpaired) electrons. The summed E-state index contributed by atoms with van der Waals surface area (Å²) in [5, 5.41) is 0. The molecule has 0 aromatic carbocycles. The topological polar surface area (TPSA) is 117 Å². The average Bonchev–Trinajstić information content (AvgIpc) is 2.30. The Bertz CT molecular complexity index is 357. The Labute approximate surface area is 104 Å². The van der Waals surface area contributed by atoms with Gasteiger partial charge in [0.05, 0.1) is 0 Å². The number of hydrogen-bond donors (Lipinski definition) is 2. The van der Waals surface area contributed by atoms with E-state index in [1.807, 2.05) is 0 Å². The Hall–Kier alpha value is -2.04. The number of alkyl halides is 3. The molecular formula is C8H11F3N2O6. The molecule has 8 nitrogen and oxygen atoms in total. The number of amides is 1. The summed E-state index contributed by atoms with van der Waals surface area (Å²) in [6, 6.07) is -1.06. The molecule has 1 atom stereocenters. The van der Waals surface area contributed by atoms with Gasteiger partial charge in [-0.3, -0.25) is 0 Å². The van der Waals surface area contributed by atoms with Gasteiger partial charge >= 0.3 is 24.2 Å². The summed E-state index contributed by atoms with van der Waals surface area (Å²) in [7, 11) is 0. The lowest BCUT2D eigenvalue weighted by atomic mass is 10.1. The van der Waals surface area contributed by atoms with Crippen LogP contribution in [0.4, 0.5) is 18.0 Å². The van der Waals surface area contributed by atoms with Crippen LogP contribution in [-0.2, 0) is 24.2 Å². The van der Waals surface area contributed by atoms with Gasteiger partial charge in [-0.15, -0.1) is 5.48 Å². The average molecular weight is 288 g/mol. The third-order valence-electron chi connectivity index (χ3n) is 1.65. The van der Waals surface area contributed by atoms with Crippen molar-refractivity contribution in [1.29, 1.82) is 0 Å². The van der Waals surface area contributed by atoms with Gasteiger partial charge in [-0.05, 0) is 5.92 Å². The maximum atomic E-state index is 11.6. The lowest BCUT2D eigenvalue weighted by molar-refractivity contribution is -0.272. The van der Waals surface area contributed by atoms with Gasteiger partial charge in [-0.25, -0.2) is 24.2 Å². The van der Waals surface area contributed by atoms with Crippen LogP contribution in [0.15, 0.2) is 0 Å². The molecular weight excluding hydrogens is 277 g/mol. The Morgan fingerprint density at radius 2 is 1.68 bits per heavy atom. The summed E-state index contributed by atoms with van der Waals surface area (Å²) in [5.74, 6) is -4.09. The zero-order valence-corrected chi connectivity index (χ0v) is 9.82. The molecule has 0 aliphatic heterocycles. The summed E-state index contributed by atoms with van der Waals surface area (Å²) in [6.07, 6.45) is -7.06. The van der Waals surface area contributed by atoms with E-state index in [1.54, 1.807) is 13.8 Å². The fraction of sp³-hybridized carbons (Fsp3) is 0.625. The fourth-order valence-corrected chi connectivity index (χ4v) is 0.572. The maximum Gasteiger partial charge on any atom is 0.495 e. The minimum absolute atomic E-state index is 0.298. The lowest BCUT2D eigenvalue weighted by Crippen LogP contribution is -2.41. The van der Waals surface area contributed by atoms with Crippen molar-refractivity contribution in [3.8, 4) is 0 Å². The van der Waals surface area contributed by atoms with Crippen molar-refractivity contribution in [3.63, 3.8) is 0 Å². The fourth-order valence-electron chi connectivity index (χ4n) is 0.572. The van der Waals surface area contributed by atoms with Gasteiger partial charge in [0.2, 0.25) is 0 Å². The van der Waals surface area contributed by atoms with E-state index in [1.165, 1.54) is 5.48 Å². The van der Waals surface area contributed by atoms with Gasteiger partial charge in [-0.2, -0.15) is 13.2 Å². The molecule has 0 aromatic heterocycles. The number of carbonyl (C=O) groups is 3. The first-order chi connectivity index (χ1) is 8.55. The maximum absolute atomic E-state index is 11.6. The van der Waals surface area contributed by atoms with E-state index in [2.05, 4.69) is 14.6 Å². The summed E-state index contributed by atoms with van der Waals surface area (Å²) >= 11 is 0. The van der Waals surface area contributed by atoms with Crippen LogP contribution in [0, 0.1) is 5.92 Å². The Morgan fingerprint density at radius 1 is 1.16 bits per heavy atom. The number of rotatable bonds is 2. The smallest absolute Gasteiger partial charge is 0.336 e. The Kier molecular flexibility index (Phi) is 6.05. The molecule has 0 bridgehead atoms. The molecule has 0 saturated heterocycles.